The molecule has 0 radical (unpaired) electrons. The van der Waals surface area contributed by atoms with Crippen molar-refractivity contribution in [2.24, 2.45) is 0 Å². The number of rotatable bonds is 37. The van der Waals surface area contributed by atoms with Gasteiger partial charge in [-0.05, 0) is 64.2 Å². The standard InChI is InChI=1S/C30H40N2O2S2.C30H38N2O2S2.C15H9NO2S2.CH2O3.CH4.6CH3.2K.2Sn.H/c2*1-3-5-7-9-11-13-19-31-27(23-17-15-21-35-23)25-26(29(31)33)28(24-18-16-22-36-24)32(30(25)34)20-14-12-10-8-6-4-2;17-9-7-8(10-3-1-5-19-10)12-13(9)14(16-15(12)18)11-4-2-6-20-11;2-1-4-3;;;;;;;;;;;;/h15-18,21-22H,3-14,19-20H2,1-2H3;15-18H,3-14,19-20H2,1-2H3;1-6H,7H2,(H,16,18);1,3H;1H4;6*1H3;;;;;/q;;;;;;;;;;;2*+1;;;-1/p-1. The zero-order chi connectivity index (χ0) is 74.5. The van der Waals surface area contributed by atoms with Gasteiger partial charge in [-0.3, -0.25) is 24.0 Å². The third kappa shape index (κ3) is 23.8. The molecule has 0 fully saturated rings. The molecule has 5 aliphatic heterocycles. The molecule has 1 aliphatic carbocycles. The molecule has 0 atom stereocenters. The summed E-state index contributed by atoms with van der Waals surface area (Å²) in [6.45, 7) is 11.5. The third-order valence-electron chi connectivity index (χ3n) is 19.5. The van der Waals surface area contributed by atoms with Gasteiger partial charge in [0, 0.05) is 24.4 Å². The predicted octanol–water partition coefficient (Wildman–Crippen LogP) is 14.0. The quantitative estimate of drug-likeness (QED) is 0.0131. The van der Waals surface area contributed by atoms with E-state index >= 15 is 0 Å². The van der Waals surface area contributed by atoms with Gasteiger partial charge < -0.3 is 26.7 Å². The van der Waals surface area contributed by atoms with Gasteiger partial charge in [0.2, 0.25) is 0 Å². The van der Waals surface area contributed by atoms with Gasteiger partial charge in [-0.25, -0.2) is 0 Å². The van der Waals surface area contributed by atoms with Crippen molar-refractivity contribution >= 4 is 186 Å². The number of hydrogen-bond donors (Lipinski definition) is 1. The van der Waals surface area contributed by atoms with Crippen molar-refractivity contribution in [1.29, 1.82) is 0 Å². The number of hydrogen-bond acceptors (Lipinski definition) is 15. The SMILES string of the molecule is C.CCCCCCCCN1C(=O)C2=C(c3cc[c]([Sn]([CH3])([CH3])[CH3])s3)N(CCCCCCCC)C(=O)C2=C1c1cc[c]([Sn]([CH3])([CH3])[CH3])s1.CCCCCCCCN1C(=O)C2=C(c3cccs3)N(CCCCCCCC)C(=O)C2=C1c1cccs1.O=C1CC(c2cccs2)=C2C(=O)NC(c3cccs3)=C12.O=CO[O-].[H-].[K+].[K+]. The Morgan fingerprint density at radius 1 is 0.411 bits per heavy atom. The summed E-state index contributed by atoms with van der Waals surface area (Å²) in [5.74, 6) is -0.0299. The van der Waals surface area contributed by atoms with E-state index in [4.69, 9.17) is 10.1 Å². The Morgan fingerprint density at radius 3 is 0.981 bits per heavy atom. The van der Waals surface area contributed by atoms with Crippen LogP contribution in [0.1, 0.15) is 226 Å². The Kier molecular flexibility index (Phi) is 40.8. The molecule has 568 valence electrons. The normalized spacial score (nSPS) is 15.4. The number of Topliss-reactive ketones (excluding diaryl/α,β-unsaturated/α-hetero) is 1. The molecular formula is C83H111K2N5O9S6Sn2. The number of fused-ring (bicyclic) bond motifs is 3. The molecule has 11 heterocycles. The zero-order valence-electron chi connectivity index (χ0n) is 65.7. The summed E-state index contributed by atoms with van der Waals surface area (Å²) in [5.41, 5.74) is 8.75. The Bertz CT molecular complexity index is 3880. The third-order valence-corrected chi connectivity index (χ3v) is 44.2. The van der Waals surface area contributed by atoms with E-state index in [-0.39, 0.29) is 153 Å². The fourth-order valence-electron chi connectivity index (χ4n) is 14.1. The summed E-state index contributed by atoms with van der Waals surface area (Å²) in [5, 5.41) is 19.3. The van der Waals surface area contributed by atoms with E-state index in [1.165, 1.54) is 120 Å². The number of thiophene rings is 6. The monoisotopic (exact) mass is 1830 g/mol. The van der Waals surface area contributed by atoms with Gasteiger partial charge in [-0.15, -0.1) is 45.3 Å². The second-order valence-corrected chi connectivity index (χ2v) is 66.2. The Balaban J connectivity index is 0.000000292. The molecule has 0 saturated heterocycles. The largest absolute Gasteiger partial charge is 1.00 e. The second-order valence-electron chi connectivity index (χ2n) is 29.4. The summed E-state index contributed by atoms with van der Waals surface area (Å²) >= 11 is 5.35. The Morgan fingerprint density at radius 2 is 0.701 bits per heavy atom. The van der Waals surface area contributed by atoms with Crippen molar-refractivity contribution in [2.45, 2.75) is 225 Å². The number of carbonyl (C=O) groups excluding carboxylic acids is 7. The van der Waals surface area contributed by atoms with Gasteiger partial charge in [0.25, 0.3) is 24.2 Å². The van der Waals surface area contributed by atoms with Crippen LogP contribution >= 0.6 is 68.0 Å². The number of nitrogens with zero attached hydrogens (tertiary/aromatic N) is 4. The van der Waals surface area contributed by atoms with Crippen molar-refractivity contribution in [2.75, 3.05) is 26.2 Å². The van der Waals surface area contributed by atoms with Crippen molar-refractivity contribution in [3.8, 4) is 0 Å². The van der Waals surface area contributed by atoms with Gasteiger partial charge in [-0.1, -0.05) is 124 Å². The maximum atomic E-state index is 14.6. The molecule has 0 bridgehead atoms. The molecular weight excluding hydrogens is 1720 g/mol. The average molecular weight is 1830 g/mol. The van der Waals surface area contributed by atoms with Gasteiger partial charge in [0.15, 0.2) is 5.78 Å². The molecule has 0 unspecified atom stereocenters. The number of allylic oxidation sites excluding steroid dienone is 1. The van der Waals surface area contributed by atoms with Crippen LogP contribution in [0.4, 0.5) is 0 Å². The van der Waals surface area contributed by atoms with E-state index in [2.05, 4.69) is 91.8 Å². The van der Waals surface area contributed by atoms with Gasteiger partial charge in [0.05, 0.1) is 54.0 Å². The first kappa shape index (κ1) is 93.8. The van der Waals surface area contributed by atoms with Gasteiger partial charge >= 0.3 is 376 Å². The molecule has 5 amide bonds. The van der Waals surface area contributed by atoms with Crippen LogP contribution in [-0.2, 0) is 38.4 Å². The van der Waals surface area contributed by atoms with Gasteiger partial charge in [0.1, 0.15) is 0 Å². The summed E-state index contributed by atoms with van der Waals surface area (Å²) < 4.78 is 2.98. The topological polar surface area (TPSA) is 177 Å². The average Bonchev–Trinajstić information content (AvgIpc) is 1.56. The van der Waals surface area contributed by atoms with Crippen LogP contribution in [-0.4, -0.2) is 124 Å². The summed E-state index contributed by atoms with van der Waals surface area (Å²) in [4.78, 5) is 121. The maximum absolute atomic E-state index is 14.6. The first-order valence-corrected chi connectivity index (χ1v) is 63.1. The second kappa shape index (κ2) is 46.5. The van der Waals surface area contributed by atoms with Gasteiger partial charge in [-0.2, -0.15) is 0 Å². The number of unbranched alkanes of at least 4 members (excludes halogenated alkanes) is 20. The fourth-order valence-corrected chi connectivity index (χ4v) is 29.9. The molecule has 6 aliphatic rings. The minimum atomic E-state index is -2.32. The van der Waals surface area contributed by atoms with Crippen LogP contribution in [0.15, 0.2) is 128 Å². The molecule has 1 N–H and O–H groups in total. The van der Waals surface area contributed by atoms with E-state index in [9.17, 15) is 28.8 Å². The van der Waals surface area contributed by atoms with Crippen LogP contribution < -0.4 is 119 Å². The minimum absolute atomic E-state index is 0. The molecule has 6 aromatic rings. The summed E-state index contributed by atoms with van der Waals surface area (Å²) in [6, 6.07) is 24.8. The molecule has 12 rings (SSSR count). The first-order chi connectivity index (χ1) is 50.2. The van der Waals surface area contributed by atoms with E-state index in [0.717, 1.165) is 109 Å². The molecule has 0 spiro atoms. The number of amides is 5. The summed E-state index contributed by atoms with van der Waals surface area (Å²) in [6.07, 6.45) is 28.6. The molecule has 0 saturated carbocycles. The predicted molar refractivity (Wildman–Crippen MR) is 447 cm³/mol. The molecule has 6 aromatic heterocycles. The Labute approximate surface area is 756 Å². The number of nitrogens with one attached hydrogen (secondary N) is 1. The van der Waals surface area contributed by atoms with E-state index < -0.39 is 36.8 Å². The molecule has 0 aromatic carbocycles. The number of ketones is 1. The van der Waals surface area contributed by atoms with E-state index in [1.807, 2.05) is 112 Å². The number of carbonyl (C=O) groups is 7. The first-order valence-electron chi connectivity index (χ1n) is 37.9. The fraction of sp³-hybridized carbons (Fsp3) is 0.482. The van der Waals surface area contributed by atoms with Crippen LogP contribution in [0.3, 0.4) is 0 Å². The maximum Gasteiger partial charge on any atom is 1.00 e. The molecule has 14 nitrogen and oxygen atoms in total. The van der Waals surface area contributed by atoms with Crippen molar-refractivity contribution in [1.82, 2.24) is 24.9 Å². The van der Waals surface area contributed by atoms with E-state index in [0.29, 0.717) is 71.7 Å². The smallest absolute Gasteiger partial charge is 1.00 e. The van der Waals surface area contributed by atoms with Crippen molar-refractivity contribution < 1.29 is 148 Å². The van der Waals surface area contributed by atoms with Crippen molar-refractivity contribution in [3.05, 3.63) is 157 Å². The summed E-state index contributed by atoms with van der Waals surface area (Å²) in [7, 11) is 0. The van der Waals surface area contributed by atoms with Crippen LogP contribution in [0.25, 0.3) is 34.1 Å². The van der Waals surface area contributed by atoms with Crippen LogP contribution in [0.5, 0.6) is 0 Å². The molecule has 107 heavy (non-hydrogen) atoms. The van der Waals surface area contributed by atoms with Crippen LogP contribution in [0, 0.1) is 0 Å². The molecule has 24 heteroatoms. The Hall–Kier alpha value is -2.04. The van der Waals surface area contributed by atoms with Crippen molar-refractivity contribution in [3.63, 3.8) is 0 Å². The van der Waals surface area contributed by atoms with E-state index in [1.54, 1.807) is 34.0 Å². The van der Waals surface area contributed by atoms with Crippen LogP contribution in [0.2, 0.25) is 29.6 Å². The minimum Gasteiger partial charge on any atom is -1.00 e. The zero-order valence-corrected chi connectivity index (χ0v) is 81.6.